The highest BCUT2D eigenvalue weighted by molar-refractivity contribution is 5.75. The predicted molar refractivity (Wildman–Crippen MR) is 124 cm³/mol. The number of hydrogen-bond acceptors (Lipinski definition) is 6. The van der Waals surface area contributed by atoms with E-state index in [1.54, 1.807) is 0 Å². The number of hydrogen-bond donors (Lipinski definition) is 6. The number of halogens is 9. The minimum absolute atomic E-state index is 0.686. The van der Waals surface area contributed by atoms with E-state index < -0.39 is 36.4 Å². The van der Waals surface area contributed by atoms with Gasteiger partial charge in [-0.1, -0.05) is 24.3 Å². The maximum Gasteiger partial charge on any atom is 0.490 e. The predicted octanol–water partition coefficient (Wildman–Crippen LogP) is 4.63. The molecule has 11 nitrogen and oxygen atoms in total. The molecule has 0 unspecified atom stereocenters. The van der Waals surface area contributed by atoms with Gasteiger partial charge in [0.05, 0.1) is 35.2 Å². The number of aliphatic carboxylic acids is 3. The summed E-state index contributed by atoms with van der Waals surface area (Å²) in [6, 6.07) is 16.1. The first-order valence-electron chi connectivity index (χ1n) is 10.7. The molecule has 42 heavy (non-hydrogen) atoms. The second-order valence-electron chi connectivity index (χ2n) is 7.41. The van der Waals surface area contributed by atoms with E-state index >= 15 is 0 Å². The van der Waals surface area contributed by atoms with Crippen LogP contribution in [0.3, 0.4) is 0 Å². The molecular weight excluding hydrogens is 601 g/mol. The highest BCUT2D eigenvalue weighted by Crippen LogP contribution is 2.15. The monoisotopic (exact) mass is 619 g/mol. The summed E-state index contributed by atoms with van der Waals surface area (Å²) in [5.41, 5.74) is 4.13. The van der Waals surface area contributed by atoms with E-state index in [0.29, 0.717) is 13.1 Å². The van der Waals surface area contributed by atoms with Crippen molar-refractivity contribution in [3.8, 4) is 0 Å². The third-order valence-corrected chi connectivity index (χ3v) is 4.19. The molecule has 0 bridgehead atoms. The summed E-state index contributed by atoms with van der Waals surface area (Å²) in [5, 5.41) is 24.7. The van der Waals surface area contributed by atoms with Crippen LogP contribution in [0.25, 0.3) is 22.1 Å². The van der Waals surface area contributed by atoms with Gasteiger partial charge in [-0.3, -0.25) is 0 Å². The normalized spacial score (nSPS) is 11.4. The van der Waals surface area contributed by atoms with Gasteiger partial charge in [0, 0.05) is 0 Å². The van der Waals surface area contributed by atoms with E-state index in [2.05, 4.69) is 25.3 Å². The lowest BCUT2D eigenvalue weighted by molar-refractivity contribution is -0.193. The molecule has 2 heterocycles. The van der Waals surface area contributed by atoms with Crippen molar-refractivity contribution in [1.82, 2.24) is 25.3 Å². The number of H-pyrrole nitrogens is 2. The molecule has 0 fully saturated rings. The van der Waals surface area contributed by atoms with Crippen LogP contribution in [0.1, 0.15) is 11.6 Å². The van der Waals surface area contributed by atoms with Gasteiger partial charge in [0.2, 0.25) is 0 Å². The van der Waals surface area contributed by atoms with Gasteiger partial charge in [-0.2, -0.15) is 39.5 Å². The molecular formula is C22H18F9N5O6. The first-order valence-corrected chi connectivity index (χ1v) is 10.7. The van der Waals surface area contributed by atoms with Crippen molar-refractivity contribution < 1.29 is 69.2 Å². The van der Waals surface area contributed by atoms with E-state index in [0.717, 1.165) is 33.7 Å². The third-order valence-electron chi connectivity index (χ3n) is 4.19. The Kier molecular flexibility index (Phi) is 12.3. The van der Waals surface area contributed by atoms with Crippen molar-refractivity contribution in [1.29, 1.82) is 0 Å². The lowest BCUT2D eigenvalue weighted by Crippen LogP contribution is -2.21. The molecule has 0 aliphatic carbocycles. The molecule has 4 rings (SSSR count). The maximum atomic E-state index is 10.6. The molecule has 0 atom stereocenters. The Labute approximate surface area is 227 Å². The Hall–Kier alpha value is -4.88. The molecule has 0 amide bonds. The molecule has 0 spiro atoms. The zero-order chi connectivity index (χ0) is 32.3. The number of carbonyl (C=O) groups is 3. The number of benzene rings is 2. The van der Waals surface area contributed by atoms with Crippen molar-refractivity contribution in [2.45, 2.75) is 31.6 Å². The number of para-hydroxylation sites is 4. The minimum atomic E-state index is -5.08. The van der Waals surface area contributed by atoms with E-state index in [1.807, 2.05) is 48.5 Å². The quantitative estimate of drug-likeness (QED) is 0.178. The van der Waals surface area contributed by atoms with Crippen molar-refractivity contribution in [2.75, 3.05) is 0 Å². The van der Waals surface area contributed by atoms with Crippen LogP contribution in [0.15, 0.2) is 48.5 Å². The van der Waals surface area contributed by atoms with Crippen molar-refractivity contribution in [3.05, 3.63) is 60.2 Å². The van der Waals surface area contributed by atoms with Gasteiger partial charge in [0.15, 0.2) is 0 Å². The number of alkyl halides is 9. The number of nitrogens with one attached hydrogen (secondary N) is 3. The highest BCUT2D eigenvalue weighted by atomic mass is 19.4. The zero-order valence-corrected chi connectivity index (χ0v) is 20.4. The standard InChI is InChI=1S/C16H15N5.3C2HF3O2/c1-2-6-12-11(5-1)18-15(19-12)9-17-10-16-20-13-7-3-4-8-14(13)21-16;3*3-2(4,5)1(6)7/h1-8,17H,9-10H2,(H,18,19)(H,20,21);3*(H,6,7). The first-order chi connectivity index (χ1) is 19.2. The lowest BCUT2D eigenvalue weighted by Gasteiger charge is -1.99. The summed E-state index contributed by atoms with van der Waals surface area (Å²) in [6.45, 7) is 1.37. The smallest absolute Gasteiger partial charge is 0.475 e. The van der Waals surface area contributed by atoms with Gasteiger partial charge >= 0.3 is 36.4 Å². The number of carboxylic acid groups (broad SMARTS) is 3. The van der Waals surface area contributed by atoms with Crippen LogP contribution >= 0.6 is 0 Å². The summed E-state index contributed by atoms with van der Waals surface area (Å²) >= 11 is 0. The molecule has 0 saturated heterocycles. The van der Waals surface area contributed by atoms with Crippen LogP contribution in [0, 0.1) is 0 Å². The van der Waals surface area contributed by atoms with Crippen LogP contribution in [0.5, 0.6) is 0 Å². The van der Waals surface area contributed by atoms with Crippen LogP contribution < -0.4 is 5.32 Å². The minimum Gasteiger partial charge on any atom is -0.475 e. The van der Waals surface area contributed by atoms with Gasteiger partial charge < -0.3 is 30.6 Å². The molecule has 4 aromatic rings. The number of rotatable bonds is 4. The largest absolute Gasteiger partial charge is 0.490 e. The molecule has 0 saturated carbocycles. The fourth-order valence-corrected chi connectivity index (χ4v) is 2.48. The summed E-state index contributed by atoms with van der Waals surface area (Å²) in [7, 11) is 0. The Morgan fingerprint density at radius 2 is 0.857 bits per heavy atom. The van der Waals surface area contributed by atoms with E-state index in [4.69, 9.17) is 29.7 Å². The molecule has 6 N–H and O–H groups in total. The first kappa shape index (κ1) is 35.1. The number of carboxylic acids is 3. The van der Waals surface area contributed by atoms with Gasteiger partial charge in [-0.05, 0) is 24.3 Å². The fourth-order valence-electron chi connectivity index (χ4n) is 2.48. The second-order valence-corrected chi connectivity index (χ2v) is 7.41. The summed E-state index contributed by atoms with van der Waals surface area (Å²) in [6.07, 6.45) is -15.3. The second kappa shape index (κ2) is 14.7. The molecule has 0 aliphatic rings. The highest BCUT2D eigenvalue weighted by Gasteiger charge is 2.39. The van der Waals surface area contributed by atoms with Crippen molar-refractivity contribution in [2.24, 2.45) is 0 Å². The summed E-state index contributed by atoms with van der Waals surface area (Å²) in [4.78, 5) is 42.4. The molecule has 20 heteroatoms. The van der Waals surface area contributed by atoms with E-state index in [-0.39, 0.29) is 0 Å². The number of nitrogens with zero attached hydrogens (tertiary/aromatic N) is 2. The lowest BCUT2D eigenvalue weighted by atomic mass is 10.3. The van der Waals surface area contributed by atoms with Gasteiger partial charge in [-0.25, -0.2) is 24.4 Å². The molecule has 230 valence electrons. The zero-order valence-electron chi connectivity index (χ0n) is 20.4. The van der Waals surface area contributed by atoms with Crippen LogP contribution in [-0.4, -0.2) is 71.7 Å². The van der Waals surface area contributed by atoms with Crippen LogP contribution in [0.4, 0.5) is 39.5 Å². The van der Waals surface area contributed by atoms with E-state index in [1.165, 1.54) is 0 Å². The third kappa shape index (κ3) is 12.5. The molecule has 0 aliphatic heterocycles. The molecule has 2 aromatic heterocycles. The Bertz CT molecular complexity index is 1280. The average Bonchev–Trinajstić information content (AvgIpc) is 3.46. The summed E-state index contributed by atoms with van der Waals surface area (Å²) in [5.74, 6) is -6.40. The fraction of sp³-hybridized carbons (Fsp3) is 0.227. The van der Waals surface area contributed by atoms with E-state index in [9.17, 15) is 39.5 Å². The topological polar surface area (TPSA) is 181 Å². The number of imidazole rings is 2. The van der Waals surface area contributed by atoms with Crippen LogP contribution in [-0.2, 0) is 27.5 Å². The maximum absolute atomic E-state index is 10.6. The van der Waals surface area contributed by atoms with Gasteiger partial charge in [-0.15, -0.1) is 0 Å². The van der Waals surface area contributed by atoms with Gasteiger partial charge in [0.25, 0.3) is 0 Å². The number of aromatic amines is 2. The summed E-state index contributed by atoms with van der Waals surface area (Å²) < 4.78 is 95.2. The van der Waals surface area contributed by atoms with Crippen LogP contribution in [0.2, 0.25) is 0 Å². The molecule has 0 radical (unpaired) electrons. The SMILES string of the molecule is O=C(O)C(F)(F)F.O=C(O)C(F)(F)F.O=C(O)C(F)(F)F.c1ccc2[nH]c(CNCc3nc4ccccc4[nH]3)nc2c1. The average molecular weight is 619 g/mol. The number of aromatic nitrogens is 4. The van der Waals surface area contributed by atoms with Crippen molar-refractivity contribution in [3.63, 3.8) is 0 Å². The van der Waals surface area contributed by atoms with Crippen molar-refractivity contribution >= 4 is 40.0 Å². The molecule has 2 aromatic carbocycles. The van der Waals surface area contributed by atoms with Gasteiger partial charge in [0.1, 0.15) is 11.6 Å². The number of fused-ring (bicyclic) bond motifs is 2. The Balaban J connectivity index is 0.000000348. The Morgan fingerprint density at radius 3 is 1.10 bits per heavy atom. The Morgan fingerprint density at radius 1 is 0.595 bits per heavy atom.